The molecular formula is C23H33N3O3S. The molecule has 0 aliphatic carbocycles. The van der Waals surface area contributed by atoms with Gasteiger partial charge < -0.3 is 10.2 Å². The number of anilines is 2. The van der Waals surface area contributed by atoms with Gasteiger partial charge >= 0.3 is 0 Å². The zero-order valence-corrected chi connectivity index (χ0v) is 19.4. The highest BCUT2D eigenvalue weighted by atomic mass is 32.2. The van der Waals surface area contributed by atoms with Crippen LogP contribution in [0.1, 0.15) is 38.8 Å². The lowest BCUT2D eigenvalue weighted by molar-refractivity contribution is -0.122. The second-order valence-corrected chi connectivity index (χ2v) is 9.17. The Morgan fingerprint density at radius 1 is 0.900 bits per heavy atom. The van der Waals surface area contributed by atoms with Gasteiger partial charge in [0.15, 0.2) is 0 Å². The molecule has 0 radical (unpaired) electrons. The summed E-state index contributed by atoms with van der Waals surface area (Å²) < 4.78 is 26.0. The first kappa shape index (κ1) is 23.7. The Labute approximate surface area is 180 Å². The van der Waals surface area contributed by atoms with Crippen LogP contribution in [0, 0.1) is 0 Å². The van der Waals surface area contributed by atoms with Gasteiger partial charge in [-0.25, -0.2) is 8.42 Å². The van der Waals surface area contributed by atoms with E-state index in [1.165, 1.54) is 4.31 Å². The highest BCUT2D eigenvalue weighted by Crippen LogP contribution is 2.22. The van der Waals surface area contributed by atoms with Crippen LogP contribution in [-0.4, -0.2) is 39.7 Å². The Bertz CT molecular complexity index is 921. The maximum Gasteiger partial charge on any atom is 0.243 e. The van der Waals surface area contributed by atoms with E-state index in [9.17, 15) is 13.2 Å². The van der Waals surface area contributed by atoms with E-state index < -0.39 is 16.1 Å². The van der Waals surface area contributed by atoms with Gasteiger partial charge in [0.2, 0.25) is 15.9 Å². The standard InChI is InChI=1S/C23H33N3O3S/c1-6-19-9-15-22(16-10-19)26(30(5,28)29)18(4)23(27)24-17-20-11-13-21(14-12-20)25(7-2)8-3/h9-16,18H,6-8,17H2,1-5H3,(H,24,27)/t18-/m0/s1. The van der Waals surface area contributed by atoms with E-state index in [4.69, 9.17) is 0 Å². The second-order valence-electron chi connectivity index (χ2n) is 7.31. The van der Waals surface area contributed by atoms with Gasteiger partial charge in [0.1, 0.15) is 6.04 Å². The molecule has 7 heteroatoms. The van der Waals surface area contributed by atoms with Crippen LogP contribution in [0.25, 0.3) is 0 Å². The van der Waals surface area contributed by atoms with Gasteiger partial charge in [-0.3, -0.25) is 9.10 Å². The van der Waals surface area contributed by atoms with Gasteiger partial charge in [-0.05, 0) is 62.6 Å². The Balaban J connectivity index is 2.10. The third-order valence-corrected chi connectivity index (χ3v) is 6.46. The average molecular weight is 432 g/mol. The summed E-state index contributed by atoms with van der Waals surface area (Å²) in [5.41, 5.74) is 3.70. The number of hydrogen-bond donors (Lipinski definition) is 1. The lowest BCUT2D eigenvalue weighted by Gasteiger charge is -2.28. The smallest absolute Gasteiger partial charge is 0.243 e. The molecule has 0 fully saturated rings. The number of hydrogen-bond acceptors (Lipinski definition) is 4. The molecule has 0 saturated heterocycles. The molecule has 0 spiro atoms. The van der Waals surface area contributed by atoms with Gasteiger partial charge in [0.05, 0.1) is 11.9 Å². The van der Waals surface area contributed by atoms with Crippen LogP contribution in [-0.2, 0) is 27.8 Å². The molecule has 0 aromatic heterocycles. The predicted molar refractivity (Wildman–Crippen MR) is 124 cm³/mol. The van der Waals surface area contributed by atoms with Crippen molar-refractivity contribution in [3.05, 3.63) is 59.7 Å². The molecule has 0 aliphatic heterocycles. The fourth-order valence-corrected chi connectivity index (χ4v) is 4.61. The maximum atomic E-state index is 12.7. The minimum Gasteiger partial charge on any atom is -0.372 e. The van der Waals surface area contributed by atoms with E-state index in [2.05, 4.69) is 24.1 Å². The zero-order chi connectivity index (χ0) is 22.3. The van der Waals surface area contributed by atoms with Crippen LogP contribution in [0.15, 0.2) is 48.5 Å². The Kier molecular flexibility index (Phi) is 8.29. The van der Waals surface area contributed by atoms with Crippen molar-refractivity contribution in [3.8, 4) is 0 Å². The van der Waals surface area contributed by atoms with Crippen LogP contribution in [0.3, 0.4) is 0 Å². The number of amides is 1. The Hall–Kier alpha value is -2.54. The van der Waals surface area contributed by atoms with E-state index in [1.54, 1.807) is 19.1 Å². The average Bonchev–Trinajstić information content (AvgIpc) is 2.73. The third kappa shape index (κ3) is 5.98. The summed E-state index contributed by atoms with van der Waals surface area (Å²) in [5.74, 6) is -0.340. The lowest BCUT2D eigenvalue weighted by Crippen LogP contribution is -2.47. The van der Waals surface area contributed by atoms with E-state index in [-0.39, 0.29) is 5.91 Å². The largest absolute Gasteiger partial charge is 0.372 e. The lowest BCUT2D eigenvalue weighted by atomic mass is 10.1. The molecule has 0 bridgehead atoms. The van der Waals surface area contributed by atoms with E-state index in [1.807, 2.05) is 43.3 Å². The minimum absolute atomic E-state index is 0.340. The van der Waals surface area contributed by atoms with E-state index >= 15 is 0 Å². The molecule has 6 nitrogen and oxygen atoms in total. The summed E-state index contributed by atoms with van der Waals surface area (Å²) >= 11 is 0. The molecule has 1 N–H and O–H groups in total. The number of benzene rings is 2. The number of rotatable bonds is 10. The fourth-order valence-electron chi connectivity index (χ4n) is 3.44. The number of sulfonamides is 1. The maximum absolute atomic E-state index is 12.7. The summed E-state index contributed by atoms with van der Waals surface area (Å²) in [6, 6.07) is 14.4. The summed E-state index contributed by atoms with van der Waals surface area (Å²) in [4.78, 5) is 15.0. The molecule has 1 amide bonds. The number of carbonyl (C=O) groups is 1. The van der Waals surface area contributed by atoms with Gasteiger partial charge in [-0.2, -0.15) is 0 Å². The van der Waals surface area contributed by atoms with Gasteiger partial charge in [-0.15, -0.1) is 0 Å². The monoisotopic (exact) mass is 431 g/mol. The first-order valence-corrected chi connectivity index (χ1v) is 12.3. The highest BCUT2D eigenvalue weighted by molar-refractivity contribution is 7.92. The van der Waals surface area contributed by atoms with Crippen molar-refractivity contribution in [2.45, 2.75) is 46.7 Å². The molecule has 164 valence electrons. The SMILES string of the molecule is CCc1ccc(N([C@@H](C)C(=O)NCc2ccc(N(CC)CC)cc2)S(C)(=O)=O)cc1. The number of carbonyl (C=O) groups excluding carboxylic acids is 1. The topological polar surface area (TPSA) is 69.7 Å². The Morgan fingerprint density at radius 3 is 1.87 bits per heavy atom. The summed E-state index contributed by atoms with van der Waals surface area (Å²) in [7, 11) is -3.62. The minimum atomic E-state index is -3.62. The summed E-state index contributed by atoms with van der Waals surface area (Å²) in [5, 5.41) is 2.86. The van der Waals surface area contributed by atoms with Gasteiger partial charge in [0.25, 0.3) is 0 Å². The van der Waals surface area contributed by atoms with Gasteiger partial charge in [-0.1, -0.05) is 31.2 Å². The van der Waals surface area contributed by atoms with Crippen molar-refractivity contribution in [1.29, 1.82) is 0 Å². The third-order valence-electron chi connectivity index (χ3n) is 5.22. The molecule has 0 unspecified atom stereocenters. The van der Waals surface area contributed by atoms with Crippen molar-refractivity contribution in [2.24, 2.45) is 0 Å². The molecule has 2 aromatic rings. The summed E-state index contributed by atoms with van der Waals surface area (Å²) in [6.45, 7) is 10.1. The van der Waals surface area contributed by atoms with Crippen LogP contribution < -0.4 is 14.5 Å². The van der Waals surface area contributed by atoms with Crippen LogP contribution in [0.2, 0.25) is 0 Å². The quantitative estimate of drug-likeness (QED) is 0.624. The number of nitrogens with one attached hydrogen (secondary N) is 1. The molecule has 30 heavy (non-hydrogen) atoms. The van der Waals surface area contributed by atoms with Crippen molar-refractivity contribution in [1.82, 2.24) is 5.32 Å². The number of nitrogens with zero attached hydrogens (tertiary/aromatic N) is 2. The van der Waals surface area contributed by atoms with Gasteiger partial charge in [0, 0.05) is 25.3 Å². The van der Waals surface area contributed by atoms with Crippen LogP contribution in [0.4, 0.5) is 11.4 Å². The Morgan fingerprint density at radius 2 is 1.40 bits per heavy atom. The molecule has 2 aromatic carbocycles. The normalized spacial score (nSPS) is 12.3. The van der Waals surface area contributed by atoms with Crippen LogP contribution in [0.5, 0.6) is 0 Å². The predicted octanol–water partition coefficient (Wildman–Crippen LogP) is 3.57. The van der Waals surface area contributed by atoms with E-state index in [0.29, 0.717) is 12.2 Å². The summed E-state index contributed by atoms with van der Waals surface area (Å²) in [6.07, 6.45) is 1.98. The molecular weight excluding hydrogens is 398 g/mol. The van der Waals surface area contributed by atoms with Crippen molar-refractivity contribution >= 4 is 27.3 Å². The molecule has 2 rings (SSSR count). The first-order valence-electron chi connectivity index (χ1n) is 10.4. The first-order chi connectivity index (χ1) is 14.2. The highest BCUT2D eigenvalue weighted by Gasteiger charge is 2.28. The molecule has 0 saturated carbocycles. The fraction of sp³-hybridized carbons (Fsp3) is 0.435. The molecule has 0 aliphatic rings. The van der Waals surface area contributed by atoms with Crippen molar-refractivity contribution in [2.75, 3.05) is 28.6 Å². The zero-order valence-electron chi connectivity index (χ0n) is 18.6. The van der Waals surface area contributed by atoms with Crippen molar-refractivity contribution in [3.63, 3.8) is 0 Å². The van der Waals surface area contributed by atoms with Crippen LogP contribution >= 0.6 is 0 Å². The molecule has 1 atom stereocenters. The second kappa shape index (κ2) is 10.5. The van der Waals surface area contributed by atoms with E-state index in [0.717, 1.165) is 42.6 Å². The number of aryl methyl sites for hydroxylation is 1. The van der Waals surface area contributed by atoms with Crippen molar-refractivity contribution < 1.29 is 13.2 Å². The molecule has 0 heterocycles.